The molecule has 0 aliphatic carbocycles. The van der Waals surface area contributed by atoms with Crippen molar-refractivity contribution in [2.45, 2.75) is 0 Å². The Bertz CT molecular complexity index is 390. The first kappa shape index (κ1) is 6.90. The molecule has 2 rings (SSSR count). The van der Waals surface area contributed by atoms with E-state index < -0.39 is 0 Å². The highest BCUT2D eigenvalue weighted by atomic mass is 16.5. The van der Waals surface area contributed by atoms with E-state index in [1.54, 1.807) is 12.3 Å². The zero-order valence-corrected chi connectivity index (χ0v) is 6.56. The summed E-state index contributed by atoms with van der Waals surface area (Å²) in [6.45, 7) is 0. The number of imidazole rings is 1. The van der Waals surface area contributed by atoms with E-state index in [4.69, 9.17) is 10.3 Å². The Morgan fingerprint density at radius 1 is 1.58 bits per heavy atom. The molecule has 0 aliphatic rings. The first-order valence-corrected chi connectivity index (χ1v) is 3.47. The van der Waals surface area contributed by atoms with Gasteiger partial charge in [-0.25, -0.2) is 4.98 Å². The van der Waals surface area contributed by atoms with Crippen molar-refractivity contribution in [1.82, 2.24) is 14.7 Å². The van der Waals surface area contributed by atoms with Gasteiger partial charge in [-0.3, -0.25) is 0 Å². The molecule has 0 saturated heterocycles. The maximum atomic E-state index is 5.37. The van der Waals surface area contributed by atoms with E-state index >= 15 is 0 Å². The summed E-state index contributed by atoms with van der Waals surface area (Å²) in [4.78, 5) is 4.08. The lowest BCUT2D eigenvalue weighted by atomic mass is 10.4. The average molecular weight is 164 g/mol. The van der Waals surface area contributed by atoms with Crippen molar-refractivity contribution in [2.75, 3.05) is 5.73 Å². The van der Waals surface area contributed by atoms with Crippen LogP contribution in [-0.2, 0) is 7.05 Å². The molecule has 0 amide bonds. The summed E-state index contributed by atoms with van der Waals surface area (Å²) in [6.07, 6.45) is 3.53. The topological polar surface area (TPSA) is 69.9 Å². The molecule has 0 saturated carbocycles. The van der Waals surface area contributed by atoms with Gasteiger partial charge in [-0.05, 0) is 0 Å². The maximum Gasteiger partial charge on any atom is 0.222 e. The first-order chi connectivity index (χ1) is 5.77. The Morgan fingerprint density at radius 3 is 2.92 bits per heavy atom. The van der Waals surface area contributed by atoms with Gasteiger partial charge in [0, 0.05) is 25.5 Å². The van der Waals surface area contributed by atoms with E-state index in [0.29, 0.717) is 11.6 Å². The average Bonchev–Trinajstić information content (AvgIpc) is 2.58. The molecule has 0 radical (unpaired) electrons. The molecule has 0 aromatic carbocycles. The van der Waals surface area contributed by atoms with Crippen LogP contribution in [0.4, 0.5) is 5.88 Å². The molecule has 2 aromatic rings. The molecule has 0 aliphatic heterocycles. The van der Waals surface area contributed by atoms with Gasteiger partial charge < -0.3 is 14.8 Å². The number of nitrogens with two attached hydrogens (primary N) is 1. The Balaban J connectivity index is 2.50. The largest absolute Gasteiger partial charge is 0.368 e. The van der Waals surface area contributed by atoms with Crippen molar-refractivity contribution in [1.29, 1.82) is 0 Å². The summed E-state index contributed by atoms with van der Waals surface area (Å²) >= 11 is 0. The second-order valence-electron chi connectivity index (χ2n) is 2.48. The van der Waals surface area contributed by atoms with E-state index in [0.717, 1.165) is 5.82 Å². The second-order valence-corrected chi connectivity index (χ2v) is 2.48. The summed E-state index contributed by atoms with van der Waals surface area (Å²) in [5, 5.41) is 3.74. The number of anilines is 1. The number of rotatable bonds is 1. The van der Waals surface area contributed by atoms with Crippen LogP contribution in [0.3, 0.4) is 0 Å². The van der Waals surface area contributed by atoms with Gasteiger partial charge >= 0.3 is 0 Å². The van der Waals surface area contributed by atoms with Crippen molar-refractivity contribution in [3.05, 3.63) is 18.5 Å². The van der Waals surface area contributed by atoms with Crippen molar-refractivity contribution < 1.29 is 4.52 Å². The summed E-state index contributed by atoms with van der Waals surface area (Å²) in [5.41, 5.74) is 6.02. The van der Waals surface area contributed by atoms with Crippen LogP contribution in [0.2, 0.25) is 0 Å². The highest BCUT2D eigenvalue weighted by Gasteiger charge is 2.07. The third kappa shape index (κ3) is 0.952. The lowest BCUT2D eigenvalue weighted by Gasteiger charge is -1.93. The predicted molar refractivity (Wildman–Crippen MR) is 43.1 cm³/mol. The zero-order valence-electron chi connectivity index (χ0n) is 6.56. The van der Waals surface area contributed by atoms with Crippen molar-refractivity contribution >= 4 is 5.88 Å². The standard InChI is InChI=1S/C7H8N4O/c1-11-3-2-9-7(11)5-4-6(8)12-10-5/h2-4H,8H2,1H3. The van der Waals surface area contributed by atoms with Gasteiger partial charge in [-0.15, -0.1) is 0 Å². The van der Waals surface area contributed by atoms with Crippen LogP contribution >= 0.6 is 0 Å². The molecule has 2 aromatic heterocycles. The molecular weight excluding hydrogens is 156 g/mol. The quantitative estimate of drug-likeness (QED) is 0.672. The number of hydrogen-bond donors (Lipinski definition) is 1. The maximum absolute atomic E-state index is 5.37. The number of nitrogen functional groups attached to an aromatic ring is 1. The summed E-state index contributed by atoms with van der Waals surface area (Å²) < 4.78 is 6.56. The summed E-state index contributed by atoms with van der Waals surface area (Å²) in [5.74, 6) is 1.04. The molecule has 0 bridgehead atoms. The Morgan fingerprint density at radius 2 is 2.42 bits per heavy atom. The molecule has 12 heavy (non-hydrogen) atoms. The smallest absolute Gasteiger partial charge is 0.222 e. The number of aromatic nitrogens is 3. The van der Waals surface area contributed by atoms with E-state index in [9.17, 15) is 0 Å². The summed E-state index contributed by atoms with van der Waals surface area (Å²) in [6, 6.07) is 1.64. The van der Waals surface area contributed by atoms with Gasteiger partial charge in [0.2, 0.25) is 5.88 Å². The van der Waals surface area contributed by atoms with Crippen molar-refractivity contribution in [2.24, 2.45) is 7.05 Å². The highest BCUT2D eigenvalue weighted by molar-refractivity contribution is 5.52. The number of nitrogens with zero attached hydrogens (tertiary/aromatic N) is 3. The Labute approximate surface area is 68.8 Å². The minimum atomic E-state index is 0.299. The number of hydrogen-bond acceptors (Lipinski definition) is 4. The molecule has 5 nitrogen and oxygen atoms in total. The molecule has 0 unspecified atom stereocenters. The second kappa shape index (κ2) is 2.37. The number of aryl methyl sites for hydroxylation is 1. The van der Waals surface area contributed by atoms with Crippen LogP contribution < -0.4 is 5.73 Å². The highest BCUT2D eigenvalue weighted by Crippen LogP contribution is 2.16. The first-order valence-electron chi connectivity index (χ1n) is 3.47. The van der Waals surface area contributed by atoms with Crippen LogP contribution in [0.5, 0.6) is 0 Å². The molecule has 0 spiro atoms. The van der Waals surface area contributed by atoms with Gasteiger partial charge in [0.15, 0.2) is 11.5 Å². The van der Waals surface area contributed by atoms with Crippen LogP contribution in [0, 0.1) is 0 Å². The molecule has 5 heteroatoms. The van der Waals surface area contributed by atoms with E-state index in [-0.39, 0.29) is 0 Å². The van der Waals surface area contributed by atoms with E-state index in [1.165, 1.54) is 0 Å². The minimum Gasteiger partial charge on any atom is -0.368 e. The zero-order chi connectivity index (χ0) is 8.55. The van der Waals surface area contributed by atoms with E-state index in [1.807, 2.05) is 17.8 Å². The van der Waals surface area contributed by atoms with Gasteiger partial charge in [0.25, 0.3) is 0 Å². The van der Waals surface area contributed by atoms with Crippen LogP contribution in [0.15, 0.2) is 23.0 Å². The third-order valence-electron chi connectivity index (χ3n) is 1.58. The molecule has 2 N–H and O–H groups in total. The Hall–Kier alpha value is -1.78. The van der Waals surface area contributed by atoms with Crippen LogP contribution in [0.1, 0.15) is 0 Å². The monoisotopic (exact) mass is 164 g/mol. The van der Waals surface area contributed by atoms with Crippen LogP contribution in [-0.4, -0.2) is 14.7 Å². The fourth-order valence-corrected chi connectivity index (χ4v) is 1.01. The van der Waals surface area contributed by atoms with E-state index in [2.05, 4.69) is 10.1 Å². The summed E-state index contributed by atoms with van der Waals surface area (Å²) in [7, 11) is 1.88. The van der Waals surface area contributed by atoms with Crippen LogP contribution in [0.25, 0.3) is 11.5 Å². The lowest BCUT2D eigenvalue weighted by molar-refractivity contribution is 0.438. The fourth-order valence-electron chi connectivity index (χ4n) is 1.01. The van der Waals surface area contributed by atoms with Crippen molar-refractivity contribution in [3.8, 4) is 11.5 Å². The third-order valence-corrected chi connectivity index (χ3v) is 1.58. The molecule has 2 heterocycles. The SMILES string of the molecule is Cn1ccnc1-c1cc(N)on1. The van der Waals surface area contributed by atoms with Gasteiger partial charge in [0.05, 0.1) is 0 Å². The fraction of sp³-hybridized carbons (Fsp3) is 0.143. The minimum absolute atomic E-state index is 0.299. The van der Waals surface area contributed by atoms with Gasteiger partial charge in [0.1, 0.15) is 0 Å². The molecular formula is C7H8N4O. The molecule has 0 atom stereocenters. The lowest BCUT2D eigenvalue weighted by Crippen LogP contribution is -1.90. The van der Waals surface area contributed by atoms with Crippen molar-refractivity contribution in [3.63, 3.8) is 0 Å². The van der Waals surface area contributed by atoms with Gasteiger partial charge in [-0.1, -0.05) is 5.16 Å². The predicted octanol–water partition coefficient (Wildman–Crippen LogP) is 0.657. The molecule has 62 valence electrons. The van der Waals surface area contributed by atoms with Gasteiger partial charge in [-0.2, -0.15) is 0 Å². The molecule has 0 fully saturated rings. The Kier molecular flexibility index (Phi) is 1.36. The normalized spacial score (nSPS) is 10.4.